The molecule has 0 spiro atoms. The summed E-state index contributed by atoms with van der Waals surface area (Å²) in [7, 11) is -3.65. The van der Waals surface area contributed by atoms with Gasteiger partial charge in [0.2, 0.25) is 15.9 Å². The van der Waals surface area contributed by atoms with Crippen LogP contribution in [0.5, 0.6) is 0 Å². The second-order valence-electron chi connectivity index (χ2n) is 8.59. The number of nitrogens with one attached hydrogen (secondary N) is 1. The Morgan fingerprint density at radius 2 is 1.73 bits per heavy atom. The number of carbonyl (C=O) groups is 2. The highest BCUT2D eigenvalue weighted by Gasteiger charge is 2.23. The Morgan fingerprint density at radius 3 is 2.30 bits per heavy atom. The van der Waals surface area contributed by atoms with Crippen molar-refractivity contribution in [2.24, 2.45) is 4.99 Å². The third-order valence-electron chi connectivity index (χ3n) is 5.71. The molecule has 0 saturated heterocycles. The van der Waals surface area contributed by atoms with Gasteiger partial charge in [-0.15, -0.1) is 6.42 Å². The van der Waals surface area contributed by atoms with Crippen LogP contribution in [-0.2, 0) is 21.4 Å². The van der Waals surface area contributed by atoms with E-state index in [-0.39, 0.29) is 22.9 Å². The molecule has 0 radical (unpaired) electrons. The molecule has 2 aromatic carbocycles. The zero-order valence-corrected chi connectivity index (χ0v) is 23.0. The lowest BCUT2D eigenvalue weighted by Gasteiger charge is -2.22. The standard InChI is InChI=1S/C27H32N4O4S2/c1-5-8-17-30(18-9-6-2)37(34,35)23-13-10-21(11-14-23)26(33)29-27-31(16-7-3)24-15-12-22(28-20(4)32)19-25(24)36-27/h3,10-15,19H,5-6,8-9,16-18H2,1-2,4H3,(H,28,32). The molecule has 0 bridgehead atoms. The molecule has 37 heavy (non-hydrogen) atoms. The van der Waals surface area contributed by atoms with Crippen LogP contribution in [0.15, 0.2) is 52.4 Å². The molecule has 0 unspecified atom stereocenters. The first-order valence-electron chi connectivity index (χ1n) is 12.2. The summed E-state index contributed by atoms with van der Waals surface area (Å²) in [6.45, 7) is 6.65. The second-order valence-corrected chi connectivity index (χ2v) is 11.5. The van der Waals surface area contributed by atoms with Gasteiger partial charge < -0.3 is 9.88 Å². The van der Waals surface area contributed by atoms with Gasteiger partial charge in [0.25, 0.3) is 5.91 Å². The van der Waals surface area contributed by atoms with Crippen LogP contribution in [0, 0.1) is 12.3 Å². The number of hydrogen-bond donors (Lipinski definition) is 1. The van der Waals surface area contributed by atoms with Crippen molar-refractivity contribution in [3.63, 3.8) is 0 Å². The van der Waals surface area contributed by atoms with Crippen molar-refractivity contribution in [3.05, 3.63) is 52.8 Å². The van der Waals surface area contributed by atoms with Gasteiger partial charge >= 0.3 is 0 Å². The van der Waals surface area contributed by atoms with E-state index < -0.39 is 15.9 Å². The highest BCUT2D eigenvalue weighted by molar-refractivity contribution is 7.89. The molecule has 1 heterocycles. The maximum absolute atomic E-state index is 13.2. The minimum Gasteiger partial charge on any atom is -0.326 e. The Balaban J connectivity index is 1.93. The number of nitrogens with zero attached hydrogens (tertiary/aromatic N) is 3. The Morgan fingerprint density at radius 1 is 1.08 bits per heavy atom. The van der Waals surface area contributed by atoms with Crippen LogP contribution < -0.4 is 10.1 Å². The second kappa shape index (κ2) is 12.8. The van der Waals surface area contributed by atoms with Crippen LogP contribution in [0.3, 0.4) is 0 Å². The molecular formula is C27H32N4O4S2. The average Bonchev–Trinajstić information content (AvgIpc) is 3.19. The number of unbranched alkanes of at least 4 members (excludes halogenated alkanes) is 2. The number of rotatable bonds is 11. The molecule has 0 aliphatic heterocycles. The van der Waals surface area contributed by atoms with E-state index in [1.54, 1.807) is 16.7 Å². The van der Waals surface area contributed by atoms with Crippen molar-refractivity contribution >= 4 is 49.1 Å². The quantitative estimate of drug-likeness (QED) is 0.359. The first-order chi connectivity index (χ1) is 17.7. The van der Waals surface area contributed by atoms with Gasteiger partial charge in [0.15, 0.2) is 4.80 Å². The van der Waals surface area contributed by atoms with Crippen molar-refractivity contribution in [1.29, 1.82) is 0 Å². The Kier molecular flexibility index (Phi) is 9.80. The van der Waals surface area contributed by atoms with E-state index in [2.05, 4.69) is 16.2 Å². The molecule has 0 aliphatic carbocycles. The van der Waals surface area contributed by atoms with E-state index in [0.29, 0.717) is 23.6 Å². The first-order valence-corrected chi connectivity index (χ1v) is 14.5. The molecule has 1 aromatic heterocycles. The summed E-state index contributed by atoms with van der Waals surface area (Å²) in [6.07, 6.45) is 8.93. The van der Waals surface area contributed by atoms with Gasteiger partial charge in [-0.1, -0.05) is 43.9 Å². The van der Waals surface area contributed by atoms with Crippen LogP contribution in [0.1, 0.15) is 56.8 Å². The fraction of sp³-hybridized carbons (Fsp3) is 0.370. The number of sulfonamides is 1. The molecule has 8 nitrogen and oxygen atoms in total. The monoisotopic (exact) mass is 540 g/mol. The summed E-state index contributed by atoms with van der Waals surface area (Å²) in [4.78, 5) is 29.3. The van der Waals surface area contributed by atoms with Gasteiger partial charge in [-0.05, 0) is 55.3 Å². The number of carbonyl (C=O) groups excluding carboxylic acids is 2. The van der Waals surface area contributed by atoms with Crippen molar-refractivity contribution in [1.82, 2.24) is 8.87 Å². The van der Waals surface area contributed by atoms with Crippen LogP contribution in [0.4, 0.5) is 5.69 Å². The number of benzene rings is 2. The minimum atomic E-state index is -3.65. The number of amides is 2. The fourth-order valence-corrected chi connectivity index (χ4v) is 6.36. The number of hydrogen-bond acceptors (Lipinski definition) is 5. The molecule has 0 aliphatic rings. The summed E-state index contributed by atoms with van der Waals surface area (Å²) in [6, 6.07) is 11.3. The smallest absolute Gasteiger partial charge is 0.279 e. The Bertz CT molecular complexity index is 1470. The summed E-state index contributed by atoms with van der Waals surface area (Å²) < 4.78 is 30.5. The summed E-state index contributed by atoms with van der Waals surface area (Å²) >= 11 is 1.28. The topological polar surface area (TPSA) is 101 Å². The van der Waals surface area contributed by atoms with Crippen LogP contribution in [0.25, 0.3) is 10.2 Å². The van der Waals surface area contributed by atoms with Crippen LogP contribution in [-0.4, -0.2) is 42.2 Å². The normalized spacial score (nSPS) is 12.1. The van der Waals surface area contributed by atoms with E-state index in [1.165, 1.54) is 46.8 Å². The first kappa shape index (κ1) is 28.3. The lowest BCUT2D eigenvalue weighted by molar-refractivity contribution is -0.114. The molecule has 1 N–H and O–H groups in total. The predicted octanol–water partition coefficient (Wildman–Crippen LogP) is 4.63. The Hall–Kier alpha value is -3.26. The number of thiazole rings is 1. The zero-order chi connectivity index (χ0) is 27.0. The third-order valence-corrected chi connectivity index (χ3v) is 8.66. The predicted molar refractivity (Wildman–Crippen MR) is 148 cm³/mol. The number of terminal acetylenes is 1. The molecule has 3 rings (SSSR count). The largest absolute Gasteiger partial charge is 0.326 e. The van der Waals surface area contributed by atoms with Gasteiger partial charge in [-0.3, -0.25) is 9.59 Å². The molecule has 2 amide bonds. The van der Waals surface area contributed by atoms with Crippen molar-refractivity contribution in [2.75, 3.05) is 18.4 Å². The summed E-state index contributed by atoms with van der Waals surface area (Å²) in [5.41, 5.74) is 1.70. The van der Waals surface area contributed by atoms with E-state index >= 15 is 0 Å². The maximum atomic E-state index is 13.2. The lowest BCUT2D eigenvalue weighted by atomic mass is 10.2. The molecule has 3 aromatic rings. The van der Waals surface area contributed by atoms with E-state index in [4.69, 9.17) is 6.42 Å². The average molecular weight is 541 g/mol. The van der Waals surface area contributed by atoms with Crippen molar-refractivity contribution < 1.29 is 18.0 Å². The molecule has 196 valence electrons. The van der Waals surface area contributed by atoms with E-state index in [1.807, 2.05) is 19.9 Å². The van der Waals surface area contributed by atoms with Crippen LogP contribution >= 0.6 is 11.3 Å². The van der Waals surface area contributed by atoms with Gasteiger partial charge in [0.05, 0.1) is 21.7 Å². The molecule has 0 atom stereocenters. The lowest BCUT2D eigenvalue weighted by Crippen LogP contribution is -2.33. The zero-order valence-electron chi connectivity index (χ0n) is 21.4. The third kappa shape index (κ3) is 6.95. The maximum Gasteiger partial charge on any atom is 0.279 e. The molecule has 0 saturated carbocycles. The van der Waals surface area contributed by atoms with Crippen molar-refractivity contribution in [2.45, 2.75) is 57.9 Å². The summed E-state index contributed by atoms with van der Waals surface area (Å²) in [5, 5.41) is 2.74. The Labute approximate surface area is 222 Å². The van der Waals surface area contributed by atoms with Crippen molar-refractivity contribution in [3.8, 4) is 12.3 Å². The number of aromatic nitrogens is 1. The molecule has 10 heteroatoms. The van der Waals surface area contributed by atoms with Gasteiger partial charge in [0.1, 0.15) is 0 Å². The molecular weight excluding hydrogens is 508 g/mol. The number of fused-ring (bicyclic) bond motifs is 1. The van der Waals surface area contributed by atoms with Crippen LogP contribution in [0.2, 0.25) is 0 Å². The van der Waals surface area contributed by atoms with Gasteiger partial charge in [-0.25, -0.2) is 8.42 Å². The van der Waals surface area contributed by atoms with Gasteiger partial charge in [0, 0.05) is 31.3 Å². The highest BCUT2D eigenvalue weighted by Crippen LogP contribution is 2.23. The summed E-state index contributed by atoms with van der Waals surface area (Å²) in [5.74, 6) is 1.90. The number of anilines is 1. The highest BCUT2D eigenvalue weighted by atomic mass is 32.2. The minimum absolute atomic E-state index is 0.158. The fourth-order valence-electron chi connectivity index (χ4n) is 3.77. The van der Waals surface area contributed by atoms with E-state index in [9.17, 15) is 18.0 Å². The van der Waals surface area contributed by atoms with E-state index in [0.717, 1.165) is 35.9 Å². The molecule has 0 fully saturated rings. The van der Waals surface area contributed by atoms with Gasteiger partial charge in [-0.2, -0.15) is 9.30 Å². The SMILES string of the molecule is C#CCn1c(=NC(=O)c2ccc(S(=O)(=O)N(CCCC)CCCC)cc2)sc2cc(NC(C)=O)ccc21.